The standard InChI is InChI=1S/C18H19N3S/c19-17-16-14-9-5-2-6-10-15(14)22-18(16)20-12-21(17)11-13-7-3-1-4-8-13/h1,3-4,7-8,12,19H,2,5-6,9-11H2. The van der Waals surface area contributed by atoms with Crippen LogP contribution in [-0.4, -0.2) is 9.55 Å². The topological polar surface area (TPSA) is 41.7 Å². The lowest BCUT2D eigenvalue weighted by molar-refractivity contribution is 0.709. The number of aromatic nitrogens is 2. The molecular formula is C18H19N3S. The van der Waals surface area contributed by atoms with Gasteiger partial charge in [0.15, 0.2) is 0 Å². The first-order valence-electron chi connectivity index (χ1n) is 7.91. The molecule has 0 spiro atoms. The third kappa shape index (κ3) is 2.37. The molecule has 0 unspecified atom stereocenters. The summed E-state index contributed by atoms with van der Waals surface area (Å²) in [6, 6.07) is 10.3. The largest absolute Gasteiger partial charge is 0.312 e. The third-order valence-electron chi connectivity index (χ3n) is 4.44. The molecule has 1 aliphatic carbocycles. The number of aryl methyl sites for hydroxylation is 2. The molecule has 22 heavy (non-hydrogen) atoms. The highest BCUT2D eigenvalue weighted by atomic mass is 32.1. The summed E-state index contributed by atoms with van der Waals surface area (Å²) in [4.78, 5) is 7.14. The van der Waals surface area contributed by atoms with Crippen LogP contribution in [0.5, 0.6) is 0 Å². The monoisotopic (exact) mass is 309 g/mol. The zero-order chi connectivity index (χ0) is 14.9. The van der Waals surface area contributed by atoms with E-state index in [-0.39, 0.29) is 0 Å². The van der Waals surface area contributed by atoms with Crippen LogP contribution in [-0.2, 0) is 19.4 Å². The minimum absolute atomic E-state index is 0.619. The van der Waals surface area contributed by atoms with Crippen molar-refractivity contribution in [2.24, 2.45) is 0 Å². The minimum Gasteiger partial charge on any atom is -0.312 e. The van der Waals surface area contributed by atoms with Gasteiger partial charge in [0.05, 0.1) is 18.3 Å². The molecule has 0 atom stereocenters. The molecule has 0 amide bonds. The fourth-order valence-corrected chi connectivity index (χ4v) is 4.52. The summed E-state index contributed by atoms with van der Waals surface area (Å²) in [5.74, 6) is 0. The molecule has 1 aliphatic rings. The van der Waals surface area contributed by atoms with Gasteiger partial charge in [-0.25, -0.2) is 4.98 Å². The Hall–Kier alpha value is -1.94. The second kappa shape index (κ2) is 5.69. The number of nitrogens with one attached hydrogen (secondary N) is 1. The number of rotatable bonds is 2. The summed E-state index contributed by atoms with van der Waals surface area (Å²) in [5, 5.41) is 9.74. The van der Waals surface area contributed by atoms with Crippen LogP contribution in [0, 0.1) is 5.41 Å². The maximum Gasteiger partial charge on any atom is 0.136 e. The molecule has 2 heterocycles. The molecule has 2 aromatic heterocycles. The van der Waals surface area contributed by atoms with Crippen LogP contribution in [0.3, 0.4) is 0 Å². The van der Waals surface area contributed by atoms with E-state index < -0.39 is 0 Å². The van der Waals surface area contributed by atoms with Crippen molar-refractivity contribution in [3.05, 3.63) is 58.2 Å². The van der Waals surface area contributed by atoms with E-state index in [1.165, 1.54) is 35.3 Å². The Morgan fingerprint density at radius 3 is 2.77 bits per heavy atom. The Morgan fingerprint density at radius 1 is 1.09 bits per heavy atom. The average Bonchev–Trinajstić information content (AvgIpc) is 2.74. The van der Waals surface area contributed by atoms with Crippen molar-refractivity contribution in [3.63, 3.8) is 0 Å². The van der Waals surface area contributed by atoms with Crippen LogP contribution >= 0.6 is 11.3 Å². The summed E-state index contributed by atoms with van der Waals surface area (Å²) in [5.41, 5.74) is 3.23. The van der Waals surface area contributed by atoms with Crippen molar-refractivity contribution in [2.75, 3.05) is 0 Å². The smallest absolute Gasteiger partial charge is 0.136 e. The Morgan fingerprint density at radius 2 is 1.91 bits per heavy atom. The molecule has 1 N–H and O–H groups in total. The molecule has 0 saturated heterocycles. The van der Waals surface area contributed by atoms with E-state index in [1.54, 1.807) is 11.3 Å². The highest BCUT2D eigenvalue weighted by Gasteiger charge is 2.17. The number of hydrogen-bond acceptors (Lipinski definition) is 3. The van der Waals surface area contributed by atoms with E-state index in [0.29, 0.717) is 12.0 Å². The summed E-state index contributed by atoms with van der Waals surface area (Å²) in [7, 11) is 0. The van der Waals surface area contributed by atoms with Gasteiger partial charge in [0.25, 0.3) is 0 Å². The summed E-state index contributed by atoms with van der Waals surface area (Å²) < 4.78 is 1.97. The first-order chi connectivity index (χ1) is 10.8. The lowest BCUT2D eigenvalue weighted by atomic mass is 10.1. The highest BCUT2D eigenvalue weighted by molar-refractivity contribution is 7.18. The molecule has 0 fully saturated rings. The molecular weight excluding hydrogens is 290 g/mol. The van der Waals surface area contributed by atoms with Gasteiger partial charge >= 0.3 is 0 Å². The Labute approximate surface area is 133 Å². The van der Waals surface area contributed by atoms with Crippen molar-refractivity contribution in [3.8, 4) is 0 Å². The number of hydrogen-bond donors (Lipinski definition) is 1. The van der Waals surface area contributed by atoms with E-state index in [4.69, 9.17) is 5.41 Å². The van der Waals surface area contributed by atoms with Crippen LogP contribution in [0.15, 0.2) is 36.7 Å². The zero-order valence-electron chi connectivity index (χ0n) is 12.5. The van der Waals surface area contributed by atoms with Crippen LogP contribution in [0.4, 0.5) is 0 Å². The predicted octanol–water partition coefficient (Wildman–Crippen LogP) is 3.89. The summed E-state index contributed by atoms with van der Waals surface area (Å²) in [6.45, 7) is 0.716. The molecule has 4 rings (SSSR count). The van der Waals surface area contributed by atoms with Crippen LogP contribution in [0.2, 0.25) is 0 Å². The van der Waals surface area contributed by atoms with Gasteiger partial charge in [-0.1, -0.05) is 36.8 Å². The maximum absolute atomic E-state index is 8.65. The maximum atomic E-state index is 8.65. The van der Waals surface area contributed by atoms with Crippen molar-refractivity contribution in [1.82, 2.24) is 9.55 Å². The van der Waals surface area contributed by atoms with Crippen molar-refractivity contribution in [2.45, 2.75) is 38.6 Å². The minimum atomic E-state index is 0.619. The molecule has 3 nitrogen and oxygen atoms in total. The van der Waals surface area contributed by atoms with E-state index in [2.05, 4.69) is 17.1 Å². The van der Waals surface area contributed by atoms with Gasteiger partial charge in [-0.15, -0.1) is 11.3 Å². The van der Waals surface area contributed by atoms with E-state index in [0.717, 1.165) is 23.1 Å². The van der Waals surface area contributed by atoms with Crippen molar-refractivity contribution < 1.29 is 0 Å². The van der Waals surface area contributed by atoms with E-state index in [9.17, 15) is 0 Å². The molecule has 0 saturated carbocycles. The zero-order valence-corrected chi connectivity index (χ0v) is 13.3. The van der Waals surface area contributed by atoms with Gasteiger partial charge in [0.1, 0.15) is 10.3 Å². The van der Waals surface area contributed by atoms with Gasteiger partial charge in [-0.2, -0.15) is 0 Å². The molecule has 3 aromatic rings. The van der Waals surface area contributed by atoms with Crippen LogP contribution in [0.1, 0.15) is 35.3 Å². The van der Waals surface area contributed by atoms with Gasteiger partial charge in [-0.05, 0) is 36.8 Å². The van der Waals surface area contributed by atoms with Crippen molar-refractivity contribution in [1.29, 1.82) is 5.41 Å². The second-order valence-electron chi connectivity index (χ2n) is 5.95. The highest BCUT2D eigenvalue weighted by Crippen LogP contribution is 2.32. The van der Waals surface area contributed by atoms with Crippen LogP contribution < -0.4 is 5.49 Å². The van der Waals surface area contributed by atoms with Gasteiger partial charge in [0.2, 0.25) is 0 Å². The first kappa shape index (κ1) is 13.7. The van der Waals surface area contributed by atoms with Crippen LogP contribution in [0.25, 0.3) is 10.2 Å². The summed E-state index contributed by atoms with van der Waals surface area (Å²) in [6.07, 6.45) is 7.92. The lowest BCUT2D eigenvalue weighted by Crippen LogP contribution is -2.21. The quantitative estimate of drug-likeness (QED) is 0.717. The normalized spacial score (nSPS) is 14.7. The Bertz CT molecular complexity index is 861. The second-order valence-corrected chi connectivity index (χ2v) is 7.03. The molecule has 1 aromatic carbocycles. The predicted molar refractivity (Wildman–Crippen MR) is 90.3 cm³/mol. The number of benzene rings is 1. The SMILES string of the molecule is N=c1c2c3c(sc2ncn1Cc1ccccc1)CCCCC3. The van der Waals surface area contributed by atoms with Gasteiger partial charge in [0, 0.05) is 4.88 Å². The van der Waals surface area contributed by atoms with E-state index >= 15 is 0 Å². The molecule has 0 radical (unpaired) electrons. The molecule has 112 valence electrons. The molecule has 0 bridgehead atoms. The fraction of sp³-hybridized carbons (Fsp3) is 0.333. The molecule has 4 heteroatoms. The van der Waals surface area contributed by atoms with Crippen molar-refractivity contribution >= 4 is 21.6 Å². The Balaban J connectivity index is 1.83. The summed E-state index contributed by atoms with van der Waals surface area (Å²) >= 11 is 1.80. The van der Waals surface area contributed by atoms with Gasteiger partial charge in [-0.3, -0.25) is 5.41 Å². The first-order valence-corrected chi connectivity index (χ1v) is 8.73. The van der Waals surface area contributed by atoms with E-state index in [1.807, 2.05) is 29.1 Å². The number of fused-ring (bicyclic) bond motifs is 3. The fourth-order valence-electron chi connectivity index (χ4n) is 3.29. The average molecular weight is 309 g/mol. The Kier molecular flexibility index (Phi) is 3.54. The number of nitrogens with zero attached hydrogens (tertiary/aromatic N) is 2. The van der Waals surface area contributed by atoms with Gasteiger partial charge < -0.3 is 4.57 Å². The molecule has 0 aliphatic heterocycles. The lowest BCUT2D eigenvalue weighted by Gasteiger charge is -2.08. The number of thiophene rings is 1. The third-order valence-corrected chi connectivity index (χ3v) is 5.64.